The van der Waals surface area contributed by atoms with Gasteiger partial charge in [0.05, 0.1) is 18.7 Å². The Morgan fingerprint density at radius 1 is 1.39 bits per heavy atom. The Labute approximate surface area is 108 Å². The molecule has 0 atom stereocenters. The van der Waals surface area contributed by atoms with Crippen LogP contribution >= 0.6 is 0 Å². The lowest BCUT2D eigenvalue weighted by atomic mass is 9.73. The van der Waals surface area contributed by atoms with Gasteiger partial charge in [0.25, 0.3) is 0 Å². The number of ketones is 1. The molecule has 2 N–H and O–H groups in total. The van der Waals surface area contributed by atoms with Gasteiger partial charge in [0, 0.05) is 18.6 Å². The maximum atomic E-state index is 12.1. The molecule has 102 valence electrons. The Morgan fingerprint density at radius 2 is 2.06 bits per heavy atom. The third-order valence-electron chi connectivity index (χ3n) is 3.03. The number of hydrogen-bond donors (Lipinski definition) is 2. The fraction of sp³-hybridized carbons (Fsp3) is 0.714. The van der Waals surface area contributed by atoms with E-state index >= 15 is 0 Å². The lowest BCUT2D eigenvalue weighted by molar-refractivity contribution is -0.117. The fourth-order valence-corrected chi connectivity index (χ4v) is 2.30. The molecular weight excluding hydrogens is 230 g/mol. The highest BCUT2D eigenvalue weighted by Crippen LogP contribution is 2.35. The second-order valence-electron chi connectivity index (χ2n) is 5.56. The number of hydrogen-bond acceptors (Lipinski definition) is 4. The van der Waals surface area contributed by atoms with Gasteiger partial charge in [-0.3, -0.25) is 9.79 Å². The topological polar surface area (TPSA) is 69.9 Å². The number of aliphatic imine (C=N–C) groups is 1. The third-order valence-corrected chi connectivity index (χ3v) is 3.03. The number of allylic oxidation sites excluding steroid dienone is 2. The molecule has 1 fully saturated rings. The summed E-state index contributed by atoms with van der Waals surface area (Å²) in [6.07, 6.45) is 2.40. The van der Waals surface area contributed by atoms with Gasteiger partial charge in [0.15, 0.2) is 5.78 Å². The lowest BCUT2D eigenvalue weighted by Gasteiger charge is -2.31. The van der Waals surface area contributed by atoms with E-state index in [1.165, 1.54) is 0 Å². The number of carbonyl (C=O) groups is 1. The van der Waals surface area contributed by atoms with E-state index in [0.717, 1.165) is 6.42 Å². The highest BCUT2D eigenvalue weighted by atomic mass is 16.3. The van der Waals surface area contributed by atoms with E-state index in [0.29, 0.717) is 30.5 Å². The SMILES string of the molecule is CCC/C(O)=C1/C(=O)CC(C)(C)CC1=NCCO. The highest BCUT2D eigenvalue weighted by molar-refractivity contribution is 6.24. The Kier molecular flexibility index (Phi) is 5.08. The zero-order valence-electron chi connectivity index (χ0n) is 11.5. The first kappa shape index (κ1) is 14.9. The third kappa shape index (κ3) is 3.67. The number of nitrogens with zero attached hydrogens (tertiary/aromatic N) is 1. The molecule has 0 aliphatic heterocycles. The van der Waals surface area contributed by atoms with E-state index in [9.17, 15) is 9.90 Å². The minimum atomic E-state index is -0.124. The second-order valence-corrected chi connectivity index (χ2v) is 5.56. The van der Waals surface area contributed by atoms with Crippen molar-refractivity contribution in [3.63, 3.8) is 0 Å². The Bertz CT molecular complexity index is 381. The van der Waals surface area contributed by atoms with Gasteiger partial charge < -0.3 is 10.2 Å². The van der Waals surface area contributed by atoms with Crippen LogP contribution in [0.2, 0.25) is 0 Å². The van der Waals surface area contributed by atoms with Crippen LogP contribution in [0.25, 0.3) is 0 Å². The molecule has 4 heteroatoms. The lowest BCUT2D eigenvalue weighted by Crippen LogP contribution is -2.33. The number of aliphatic hydroxyl groups excluding tert-OH is 2. The van der Waals surface area contributed by atoms with Gasteiger partial charge in [-0.25, -0.2) is 0 Å². The van der Waals surface area contributed by atoms with Crippen LogP contribution in [0, 0.1) is 5.41 Å². The molecule has 1 saturated carbocycles. The summed E-state index contributed by atoms with van der Waals surface area (Å²) in [5, 5.41) is 18.9. The summed E-state index contributed by atoms with van der Waals surface area (Å²) in [7, 11) is 0. The van der Waals surface area contributed by atoms with Gasteiger partial charge in [-0.05, 0) is 18.3 Å². The van der Waals surface area contributed by atoms with Crippen LogP contribution < -0.4 is 0 Å². The number of aliphatic hydroxyl groups is 2. The summed E-state index contributed by atoms with van der Waals surface area (Å²) >= 11 is 0. The van der Waals surface area contributed by atoms with Crippen molar-refractivity contribution in [2.45, 2.75) is 46.5 Å². The van der Waals surface area contributed by atoms with Crippen LogP contribution in [0.15, 0.2) is 16.3 Å². The van der Waals surface area contributed by atoms with Crippen LogP contribution in [0.1, 0.15) is 46.5 Å². The molecule has 0 unspecified atom stereocenters. The molecule has 0 radical (unpaired) electrons. The fourth-order valence-electron chi connectivity index (χ4n) is 2.30. The average Bonchev–Trinajstić information content (AvgIpc) is 2.24. The first-order chi connectivity index (χ1) is 8.41. The largest absolute Gasteiger partial charge is 0.511 e. The Hall–Kier alpha value is -1.16. The zero-order chi connectivity index (χ0) is 13.8. The summed E-state index contributed by atoms with van der Waals surface area (Å²) in [4.78, 5) is 16.4. The predicted octanol–water partition coefficient (Wildman–Crippen LogP) is 2.42. The normalized spacial score (nSPS) is 24.4. The number of Topliss-reactive ketones (excluding diaryl/α,β-unsaturated/α-hetero) is 1. The molecule has 0 aromatic carbocycles. The molecular formula is C14H23NO3. The molecule has 18 heavy (non-hydrogen) atoms. The van der Waals surface area contributed by atoms with Gasteiger partial charge in [0.2, 0.25) is 0 Å². The molecule has 0 amide bonds. The average molecular weight is 253 g/mol. The smallest absolute Gasteiger partial charge is 0.168 e. The van der Waals surface area contributed by atoms with E-state index in [1.807, 2.05) is 20.8 Å². The van der Waals surface area contributed by atoms with Gasteiger partial charge in [0.1, 0.15) is 5.76 Å². The first-order valence-corrected chi connectivity index (χ1v) is 6.51. The Morgan fingerprint density at radius 3 is 2.61 bits per heavy atom. The predicted molar refractivity (Wildman–Crippen MR) is 72.0 cm³/mol. The molecule has 0 aromatic rings. The zero-order valence-corrected chi connectivity index (χ0v) is 11.5. The molecule has 4 nitrogen and oxygen atoms in total. The van der Waals surface area contributed by atoms with Crippen molar-refractivity contribution in [3.8, 4) is 0 Å². The van der Waals surface area contributed by atoms with Crippen LogP contribution in [0.3, 0.4) is 0 Å². The van der Waals surface area contributed by atoms with Crippen LogP contribution in [-0.2, 0) is 4.79 Å². The molecule has 1 aliphatic rings. The van der Waals surface area contributed by atoms with E-state index in [1.54, 1.807) is 0 Å². The summed E-state index contributed by atoms with van der Waals surface area (Å²) in [6.45, 7) is 6.24. The standard InChI is InChI=1S/C14H23NO3/c1-4-5-11(17)13-10(15-6-7-16)8-14(2,3)9-12(13)18/h16-17H,4-9H2,1-3H3/b13-11-,15-10?. The summed E-state index contributed by atoms with van der Waals surface area (Å²) in [5.41, 5.74) is 0.919. The molecule has 0 spiro atoms. The van der Waals surface area contributed by atoms with Crippen LogP contribution in [0.5, 0.6) is 0 Å². The van der Waals surface area contributed by atoms with Crippen molar-refractivity contribution < 1.29 is 15.0 Å². The number of carbonyl (C=O) groups excluding carboxylic acids is 1. The van der Waals surface area contributed by atoms with Crippen molar-refractivity contribution >= 4 is 11.5 Å². The molecule has 1 rings (SSSR count). The quantitative estimate of drug-likeness (QED) is 0.597. The second kappa shape index (κ2) is 6.14. The first-order valence-electron chi connectivity index (χ1n) is 6.51. The molecule has 0 aromatic heterocycles. The molecule has 0 bridgehead atoms. The van der Waals surface area contributed by atoms with Gasteiger partial charge in [-0.15, -0.1) is 0 Å². The Balaban J connectivity index is 3.11. The number of rotatable bonds is 4. The van der Waals surface area contributed by atoms with E-state index in [4.69, 9.17) is 5.11 Å². The minimum Gasteiger partial charge on any atom is -0.511 e. The maximum Gasteiger partial charge on any atom is 0.168 e. The summed E-state index contributed by atoms with van der Waals surface area (Å²) in [5.74, 6) is 0.114. The molecule has 0 heterocycles. The maximum absolute atomic E-state index is 12.1. The van der Waals surface area contributed by atoms with E-state index in [2.05, 4.69) is 4.99 Å². The van der Waals surface area contributed by atoms with Crippen LogP contribution in [-0.4, -0.2) is 34.9 Å². The minimum absolute atomic E-state index is 0.0334. The van der Waals surface area contributed by atoms with Crippen molar-refractivity contribution in [2.24, 2.45) is 10.4 Å². The van der Waals surface area contributed by atoms with Crippen molar-refractivity contribution in [1.82, 2.24) is 0 Å². The van der Waals surface area contributed by atoms with Gasteiger partial charge in [-0.1, -0.05) is 20.8 Å². The summed E-state index contributed by atoms with van der Waals surface area (Å²) in [6, 6.07) is 0. The van der Waals surface area contributed by atoms with Crippen molar-refractivity contribution in [2.75, 3.05) is 13.2 Å². The van der Waals surface area contributed by atoms with E-state index < -0.39 is 0 Å². The van der Waals surface area contributed by atoms with E-state index in [-0.39, 0.29) is 30.1 Å². The molecule has 1 aliphatic carbocycles. The highest BCUT2D eigenvalue weighted by Gasteiger charge is 2.35. The molecule has 0 saturated heterocycles. The monoisotopic (exact) mass is 253 g/mol. The van der Waals surface area contributed by atoms with Gasteiger partial charge >= 0.3 is 0 Å². The van der Waals surface area contributed by atoms with Gasteiger partial charge in [-0.2, -0.15) is 0 Å². The van der Waals surface area contributed by atoms with Crippen molar-refractivity contribution in [1.29, 1.82) is 0 Å². The summed E-state index contributed by atoms with van der Waals surface area (Å²) < 4.78 is 0. The van der Waals surface area contributed by atoms with Crippen molar-refractivity contribution in [3.05, 3.63) is 11.3 Å². The van der Waals surface area contributed by atoms with Crippen LogP contribution in [0.4, 0.5) is 0 Å².